The van der Waals surface area contributed by atoms with Crippen molar-refractivity contribution >= 4 is 17.7 Å². The number of likely N-dealkylation sites (tertiary alicyclic amines) is 1. The first-order chi connectivity index (χ1) is 7.54. The number of hydrogen-bond acceptors (Lipinski definition) is 3. The molecule has 0 unspecified atom stereocenters. The first kappa shape index (κ1) is 15.5. The second-order valence-corrected chi connectivity index (χ2v) is 5.35. The Morgan fingerprint density at radius 2 is 2.06 bits per heavy atom. The van der Waals surface area contributed by atoms with Crippen LogP contribution in [-0.2, 0) is 4.79 Å². The predicted octanol–water partition coefficient (Wildman–Crippen LogP) is 0.902. The minimum absolute atomic E-state index is 0.168. The van der Waals surface area contributed by atoms with E-state index >= 15 is 0 Å². The van der Waals surface area contributed by atoms with E-state index in [1.54, 1.807) is 0 Å². The Morgan fingerprint density at radius 1 is 1.50 bits per heavy atom. The van der Waals surface area contributed by atoms with Gasteiger partial charge in [0.25, 0.3) is 0 Å². The molecule has 0 radical (unpaired) electrons. The highest BCUT2D eigenvalue weighted by Crippen LogP contribution is 2.15. The van der Waals surface area contributed by atoms with Crippen LogP contribution >= 0.6 is 11.8 Å². The van der Waals surface area contributed by atoms with E-state index in [9.17, 15) is 9.90 Å². The first-order valence-electron chi connectivity index (χ1n) is 5.67. The van der Waals surface area contributed by atoms with Crippen LogP contribution in [0.1, 0.15) is 19.3 Å². The molecule has 0 aromatic rings. The molecule has 1 heterocycles. The molecular weight excluding hydrogens is 222 g/mol. The lowest BCUT2D eigenvalue weighted by atomic mass is 10.4. The quantitative estimate of drug-likeness (QED) is 0.534. The van der Waals surface area contributed by atoms with Crippen molar-refractivity contribution in [3.63, 3.8) is 0 Å². The fourth-order valence-corrected chi connectivity index (χ4v) is 2.15. The SMILES string of the molecule is C=CC[N+]1(C)CCCC1.CSCCC(=O)[O-]. The second kappa shape index (κ2) is 8.65. The summed E-state index contributed by atoms with van der Waals surface area (Å²) in [5.41, 5.74) is 0. The predicted molar refractivity (Wildman–Crippen MR) is 68.2 cm³/mol. The molecule has 16 heavy (non-hydrogen) atoms. The Labute approximate surface area is 103 Å². The monoisotopic (exact) mass is 245 g/mol. The fraction of sp³-hybridized carbons (Fsp3) is 0.750. The van der Waals surface area contributed by atoms with Crippen LogP contribution in [0.25, 0.3) is 0 Å². The van der Waals surface area contributed by atoms with Crippen LogP contribution < -0.4 is 5.11 Å². The van der Waals surface area contributed by atoms with E-state index in [2.05, 4.69) is 13.6 Å². The number of aliphatic carboxylic acids is 1. The molecule has 1 rings (SSSR count). The third-order valence-corrected chi connectivity index (χ3v) is 3.34. The second-order valence-electron chi connectivity index (χ2n) is 4.36. The van der Waals surface area contributed by atoms with E-state index < -0.39 is 5.97 Å². The summed E-state index contributed by atoms with van der Waals surface area (Å²) in [6.45, 7) is 7.61. The van der Waals surface area contributed by atoms with Crippen LogP contribution in [-0.4, -0.2) is 49.1 Å². The molecule has 0 spiro atoms. The van der Waals surface area contributed by atoms with Crippen molar-refractivity contribution in [1.82, 2.24) is 0 Å². The molecule has 0 aromatic carbocycles. The van der Waals surface area contributed by atoms with Gasteiger partial charge in [-0.3, -0.25) is 0 Å². The summed E-state index contributed by atoms with van der Waals surface area (Å²) < 4.78 is 1.23. The van der Waals surface area contributed by atoms with Crippen LogP contribution in [0.15, 0.2) is 12.7 Å². The third-order valence-electron chi connectivity index (χ3n) is 2.73. The fourth-order valence-electron chi connectivity index (χ4n) is 1.78. The number of quaternary nitrogens is 1. The van der Waals surface area contributed by atoms with E-state index in [0.29, 0.717) is 5.75 Å². The van der Waals surface area contributed by atoms with Gasteiger partial charge in [-0.25, -0.2) is 0 Å². The Hall–Kier alpha value is -0.480. The van der Waals surface area contributed by atoms with E-state index in [4.69, 9.17) is 0 Å². The van der Waals surface area contributed by atoms with Gasteiger partial charge in [-0.05, 0) is 24.5 Å². The van der Waals surface area contributed by atoms with Gasteiger partial charge in [-0.15, -0.1) is 0 Å². The maximum Gasteiger partial charge on any atom is 0.0969 e. The number of rotatable bonds is 5. The number of carboxylic acid groups (broad SMARTS) is 1. The van der Waals surface area contributed by atoms with Crippen LogP contribution in [0.5, 0.6) is 0 Å². The van der Waals surface area contributed by atoms with Gasteiger partial charge in [0.15, 0.2) is 0 Å². The number of carbonyl (C=O) groups is 1. The highest BCUT2D eigenvalue weighted by atomic mass is 32.2. The van der Waals surface area contributed by atoms with Crippen molar-refractivity contribution in [3.8, 4) is 0 Å². The van der Waals surface area contributed by atoms with E-state index in [0.717, 1.165) is 6.54 Å². The van der Waals surface area contributed by atoms with E-state index in [-0.39, 0.29) is 6.42 Å². The molecule has 0 amide bonds. The molecule has 0 bridgehead atoms. The molecule has 0 N–H and O–H groups in total. The lowest BCUT2D eigenvalue weighted by Gasteiger charge is -2.27. The van der Waals surface area contributed by atoms with Gasteiger partial charge in [0.2, 0.25) is 0 Å². The summed E-state index contributed by atoms with van der Waals surface area (Å²) in [6, 6.07) is 0. The number of thioether (sulfide) groups is 1. The van der Waals surface area contributed by atoms with Crippen LogP contribution in [0.3, 0.4) is 0 Å². The Balaban J connectivity index is 0.000000293. The smallest absolute Gasteiger partial charge is 0.0969 e. The molecular formula is C12H23NO2S. The standard InChI is InChI=1S/C8H16N.C4H8O2S/c1-3-6-9(2)7-4-5-8-9;1-7-3-2-4(5)6/h3H,1,4-8H2,2H3;2-3H2,1H3,(H,5,6)/q+1;/p-1. The van der Waals surface area contributed by atoms with Gasteiger partial charge in [0, 0.05) is 18.8 Å². The summed E-state index contributed by atoms with van der Waals surface area (Å²) in [4.78, 5) is 9.63. The Bertz CT molecular complexity index is 213. The zero-order valence-corrected chi connectivity index (χ0v) is 11.2. The molecule has 3 nitrogen and oxygen atoms in total. The first-order valence-corrected chi connectivity index (χ1v) is 7.06. The minimum Gasteiger partial charge on any atom is -0.550 e. The van der Waals surface area contributed by atoms with Gasteiger partial charge in [0.05, 0.1) is 26.7 Å². The number of carbonyl (C=O) groups excluding carboxylic acids is 1. The van der Waals surface area contributed by atoms with Crippen molar-refractivity contribution in [2.45, 2.75) is 19.3 Å². The molecule has 1 aliphatic heterocycles. The Morgan fingerprint density at radius 3 is 2.38 bits per heavy atom. The van der Waals surface area contributed by atoms with Crippen molar-refractivity contribution in [2.75, 3.05) is 38.7 Å². The highest BCUT2D eigenvalue weighted by molar-refractivity contribution is 7.98. The molecule has 0 aromatic heterocycles. The van der Waals surface area contributed by atoms with Gasteiger partial charge in [0.1, 0.15) is 0 Å². The van der Waals surface area contributed by atoms with Crippen LogP contribution in [0.2, 0.25) is 0 Å². The van der Waals surface area contributed by atoms with Gasteiger partial charge in [-0.1, -0.05) is 6.58 Å². The lowest BCUT2D eigenvalue weighted by molar-refractivity contribution is -0.891. The van der Waals surface area contributed by atoms with Crippen molar-refractivity contribution < 1.29 is 14.4 Å². The van der Waals surface area contributed by atoms with Crippen molar-refractivity contribution in [3.05, 3.63) is 12.7 Å². The maximum absolute atomic E-state index is 9.63. The summed E-state index contributed by atoms with van der Waals surface area (Å²) >= 11 is 1.51. The lowest BCUT2D eigenvalue weighted by Crippen LogP contribution is -2.40. The average molecular weight is 245 g/mol. The molecule has 94 valence electrons. The molecule has 0 saturated carbocycles. The topological polar surface area (TPSA) is 40.1 Å². The van der Waals surface area contributed by atoms with E-state index in [1.165, 1.54) is 42.2 Å². The minimum atomic E-state index is -0.964. The van der Waals surface area contributed by atoms with Gasteiger partial charge >= 0.3 is 0 Å². The summed E-state index contributed by atoms with van der Waals surface area (Å²) in [5, 5.41) is 9.63. The molecule has 1 aliphatic rings. The maximum atomic E-state index is 9.63. The molecule has 0 atom stereocenters. The van der Waals surface area contributed by atoms with Crippen molar-refractivity contribution in [2.24, 2.45) is 0 Å². The highest BCUT2D eigenvalue weighted by Gasteiger charge is 2.24. The van der Waals surface area contributed by atoms with Crippen LogP contribution in [0, 0.1) is 0 Å². The van der Waals surface area contributed by atoms with Gasteiger partial charge in [-0.2, -0.15) is 11.8 Å². The number of hydrogen-bond donors (Lipinski definition) is 0. The molecule has 1 fully saturated rings. The van der Waals surface area contributed by atoms with E-state index in [1.807, 2.05) is 12.3 Å². The summed E-state index contributed by atoms with van der Waals surface area (Å²) in [5.74, 6) is -0.308. The van der Waals surface area contributed by atoms with Crippen molar-refractivity contribution in [1.29, 1.82) is 0 Å². The third kappa shape index (κ3) is 7.77. The number of likely N-dealkylation sites (N-methyl/N-ethyl adjacent to an activating group) is 1. The zero-order valence-electron chi connectivity index (χ0n) is 10.4. The molecule has 4 heteroatoms. The molecule has 0 aliphatic carbocycles. The largest absolute Gasteiger partial charge is 0.550 e. The molecule has 1 saturated heterocycles. The summed E-state index contributed by atoms with van der Waals surface area (Å²) in [6.07, 6.45) is 6.88. The summed E-state index contributed by atoms with van der Waals surface area (Å²) in [7, 11) is 2.31. The average Bonchev–Trinajstić information content (AvgIpc) is 2.63. The number of carboxylic acids is 1. The van der Waals surface area contributed by atoms with Crippen LogP contribution in [0.4, 0.5) is 0 Å². The van der Waals surface area contributed by atoms with Gasteiger partial charge < -0.3 is 14.4 Å². The number of nitrogens with zero attached hydrogens (tertiary/aromatic N) is 1. The normalized spacial score (nSPS) is 17.4. The zero-order chi connectivity index (χ0) is 12.4. The Kier molecular flexibility index (Phi) is 8.39.